The highest BCUT2D eigenvalue weighted by Crippen LogP contribution is 2.38. The fraction of sp³-hybridized carbons (Fsp3) is 0.250. The maximum atomic E-state index is 12.3. The van der Waals surface area contributed by atoms with Crippen LogP contribution in [0.5, 0.6) is 11.5 Å². The fourth-order valence-corrected chi connectivity index (χ4v) is 3.67. The van der Waals surface area contributed by atoms with Crippen LogP contribution in [0.15, 0.2) is 49.2 Å². The molecule has 4 rings (SSSR count). The van der Waals surface area contributed by atoms with Gasteiger partial charge in [0.25, 0.3) is 5.91 Å². The van der Waals surface area contributed by atoms with Crippen LogP contribution in [0.3, 0.4) is 0 Å². The van der Waals surface area contributed by atoms with Gasteiger partial charge in [-0.15, -0.1) is 0 Å². The molecule has 4 aromatic rings. The van der Waals surface area contributed by atoms with E-state index in [4.69, 9.17) is 15.2 Å². The largest absolute Gasteiger partial charge is 0.490 e. The van der Waals surface area contributed by atoms with Crippen molar-refractivity contribution in [1.82, 2.24) is 19.7 Å². The molecule has 0 saturated heterocycles. The number of rotatable bonds is 9. The average Bonchev–Trinajstić information content (AvgIpc) is 3.30. The van der Waals surface area contributed by atoms with E-state index in [-0.39, 0.29) is 5.56 Å². The molecule has 33 heavy (non-hydrogen) atoms. The van der Waals surface area contributed by atoms with Crippen molar-refractivity contribution >= 4 is 28.2 Å². The first-order valence-electron chi connectivity index (χ1n) is 10.7. The Bertz CT molecular complexity index is 1290. The molecule has 0 unspecified atom stereocenters. The molecule has 0 atom stereocenters. The normalized spacial score (nSPS) is 10.9. The summed E-state index contributed by atoms with van der Waals surface area (Å²) in [6, 6.07) is 9.58. The molecule has 0 aliphatic rings. The third kappa shape index (κ3) is 4.57. The van der Waals surface area contributed by atoms with Gasteiger partial charge in [0.1, 0.15) is 12.7 Å². The lowest BCUT2D eigenvalue weighted by Gasteiger charge is -2.18. The molecule has 2 aromatic carbocycles. The molecular formula is C24H26N6O3. The van der Waals surface area contributed by atoms with E-state index in [1.807, 2.05) is 51.1 Å². The summed E-state index contributed by atoms with van der Waals surface area (Å²) in [6.07, 6.45) is 4.66. The average molecular weight is 447 g/mol. The van der Waals surface area contributed by atoms with Crippen LogP contribution in [0.4, 0.5) is 11.4 Å². The summed E-state index contributed by atoms with van der Waals surface area (Å²) >= 11 is 0. The Hall–Kier alpha value is -4.14. The van der Waals surface area contributed by atoms with Crippen LogP contribution in [-0.4, -0.2) is 38.9 Å². The molecule has 0 radical (unpaired) electrons. The first-order chi connectivity index (χ1) is 16.0. The molecule has 9 heteroatoms. The van der Waals surface area contributed by atoms with Crippen LogP contribution in [0, 0.1) is 6.92 Å². The van der Waals surface area contributed by atoms with Crippen LogP contribution in [-0.2, 0) is 6.54 Å². The van der Waals surface area contributed by atoms with E-state index in [1.54, 1.807) is 11.0 Å². The second-order valence-electron chi connectivity index (χ2n) is 7.40. The highest BCUT2D eigenvalue weighted by molar-refractivity contribution is 6.08. The lowest BCUT2D eigenvalue weighted by molar-refractivity contribution is 0.100. The number of nitrogens with two attached hydrogens (primary N) is 1. The number of primary amides is 1. The van der Waals surface area contributed by atoms with Crippen molar-refractivity contribution in [3.05, 3.63) is 65.9 Å². The number of nitrogens with zero attached hydrogens (tertiary/aromatic N) is 4. The number of nitrogens with one attached hydrogen (secondary N) is 1. The highest BCUT2D eigenvalue weighted by atomic mass is 16.5. The van der Waals surface area contributed by atoms with Crippen molar-refractivity contribution in [2.75, 3.05) is 18.5 Å². The molecule has 170 valence electrons. The Morgan fingerprint density at radius 1 is 1.15 bits per heavy atom. The number of fused-ring (bicyclic) bond motifs is 1. The Labute approximate surface area is 191 Å². The number of aromatic nitrogens is 4. The number of carbonyl (C=O) groups excluding carboxylic acids is 1. The predicted molar refractivity (Wildman–Crippen MR) is 126 cm³/mol. The van der Waals surface area contributed by atoms with E-state index >= 15 is 0 Å². The molecule has 0 aliphatic carbocycles. The number of benzene rings is 2. The molecule has 1 amide bonds. The van der Waals surface area contributed by atoms with Crippen LogP contribution >= 0.6 is 0 Å². The third-order valence-electron chi connectivity index (χ3n) is 5.30. The molecule has 0 fully saturated rings. The summed E-state index contributed by atoms with van der Waals surface area (Å²) in [4.78, 5) is 20.7. The molecule has 0 bridgehead atoms. The van der Waals surface area contributed by atoms with E-state index < -0.39 is 5.91 Å². The van der Waals surface area contributed by atoms with Crippen LogP contribution in [0.25, 0.3) is 10.9 Å². The first-order valence-corrected chi connectivity index (χ1v) is 10.7. The Morgan fingerprint density at radius 2 is 1.91 bits per heavy atom. The second kappa shape index (κ2) is 9.56. The monoisotopic (exact) mass is 446 g/mol. The lowest BCUT2D eigenvalue weighted by atomic mass is 10.0. The van der Waals surface area contributed by atoms with Crippen LogP contribution in [0.2, 0.25) is 0 Å². The standard InChI is InChI=1S/C24H26N6O3/c1-4-32-21-9-17-20(10-22(21)33-5-2)27-11-18(24(25)31)23(17)29-19-8-6-7-16(15(19)3)12-30-14-26-13-28-30/h6-11,13-14H,4-5,12H2,1-3H3,(H2,25,31)(H,27,29). The number of anilines is 2. The number of pyridine rings is 1. The number of ether oxygens (including phenoxy) is 2. The Morgan fingerprint density at radius 3 is 2.58 bits per heavy atom. The zero-order valence-electron chi connectivity index (χ0n) is 18.8. The van der Waals surface area contributed by atoms with Gasteiger partial charge in [-0.25, -0.2) is 9.67 Å². The Kier molecular flexibility index (Phi) is 6.39. The van der Waals surface area contributed by atoms with Gasteiger partial charge >= 0.3 is 0 Å². The minimum absolute atomic E-state index is 0.287. The third-order valence-corrected chi connectivity index (χ3v) is 5.30. The molecule has 3 N–H and O–H groups in total. The predicted octanol–water partition coefficient (Wildman–Crippen LogP) is 3.82. The van der Waals surface area contributed by atoms with Crippen molar-refractivity contribution < 1.29 is 14.3 Å². The van der Waals surface area contributed by atoms with Crippen molar-refractivity contribution in [2.45, 2.75) is 27.3 Å². The molecule has 2 heterocycles. The molecular weight excluding hydrogens is 420 g/mol. The smallest absolute Gasteiger partial charge is 0.252 e. The lowest BCUT2D eigenvalue weighted by Crippen LogP contribution is -2.14. The quantitative estimate of drug-likeness (QED) is 0.401. The van der Waals surface area contributed by atoms with Crippen LogP contribution in [0.1, 0.15) is 35.3 Å². The summed E-state index contributed by atoms with van der Waals surface area (Å²) in [7, 11) is 0. The summed E-state index contributed by atoms with van der Waals surface area (Å²) in [5, 5.41) is 8.32. The van der Waals surface area contributed by atoms with Gasteiger partial charge < -0.3 is 20.5 Å². The summed E-state index contributed by atoms with van der Waals surface area (Å²) in [6.45, 7) is 7.37. The first kappa shape index (κ1) is 22.1. The van der Waals surface area contributed by atoms with Gasteiger partial charge in [-0.05, 0) is 44.0 Å². The van der Waals surface area contributed by atoms with E-state index in [9.17, 15) is 4.79 Å². The molecule has 0 aliphatic heterocycles. The summed E-state index contributed by atoms with van der Waals surface area (Å²) in [5.41, 5.74) is 10.1. The second-order valence-corrected chi connectivity index (χ2v) is 7.40. The van der Waals surface area contributed by atoms with Gasteiger partial charge in [-0.1, -0.05) is 12.1 Å². The van der Waals surface area contributed by atoms with Gasteiger partial charge in [-0.3, -0.25) is 9.78 Å². The van der Waals surface area contributed by atoms with E-state index in [0.29, 0.717) is 47.8 Å². The minimum atomic E-state index is -0.574. The van der Waals surface area contributed by atoms with Crippen molar-refractivity contribution in [2.24, 2.45) is 5.73 Å². The van der Waals surface area contributed by atoms with Gasteiger partial charge in [0.15, 0.2) is 11.5 Å². The van der Waals surface area contributed by atoms with Crippen molar-refractivity contribution in [1.29, 1.82) is 0 Å². The van der Waals surface area contributed by atoms with E-state index in [2.05, 4.69) is 20.4 Å². The SMILES string of the molecule is CCOc1cc2ncc(C(N)=O)c(Nc3cccc(Cn4cncn4)c3C)c2cc1OCC. The van der Waals surface area contributed by atoms with Gasteiger partial charge in [-0.2, -0.15) is 5.10 Å². The summed E-state index contributed by atoms with van der Waals surface area (Å²) in [5.74, 6) is 0.605. The zero-order chi connectivity index (χ0) is 23.4. The molecule has 2 aromatic heterocycles. The molecule has 0 saturated carbocycles. The van der Waals surface area contributed by atoms with Crippen molar-refractivity contribution in [3.8, 4) is 11.5 Å². The van der Waals surface area contributed by atoms with Gasteiger partial charge in [0, 0.05) is 23.3 Å². The van der Waals surface area contributed by atoms with Gasteiger partial charge in [0.05, 0.1) is 36.5 Å². The Balaban J connectivity index is 1.83. The van der Waals surface area contributed by atoms with Crippen molar-refractivity contribution in [3.63, 3.8) is 0 Å². The maximum Gasteiger partial charge on any atom is 0.252 e. The number of hydrogen-bond acceptors (Lipinski definition) is 7. The number of hydrogen-bond donors (Lipinski definition) is 2. The molecule has 0 spiro atoms. The van der Waals surface area contributed by atoms with E-state index in [1.165, 1.54) is 12.5 Å². The number of carbonyl (C=O) groups is 1. The highest BCUT2D eigenvalue weighted by Gasteiger charge is 2.18. The zero-order valence-corrected chi connectivity index (χ0v) is 18.8. The minimum Gasteiger partial charge on any atom is -0.490 e. The fourth-order valence-electron chi connectivity index (χ4n) is 3.67. The maximum absolute atomic E-state index is 12.3. The van der Waals surface area contributed by atoms with Gasteiger partial charge in [0.2, 0.25) is 0 Å². The van der Waals surface area contributed by atoms with Crippen LogP contribution < -0.4 is 20.5 Å². The topological polar surface area (TPSA) is 117 Å². The van der Waals surface area contributed by atoms with E-state index in [0.717, 1.165) is 16.8 Å². The molecule has 9 nitrogen and oxygen atoms in total. The number of amides is 1. The summed E-state index contributed by atoms with van der Waals surface area (Å²) < 4.78 is 13.3.